The summed E-state index contributed by atoms with van der Waals surface area (Å²) in [5.74, 6) is -0.344. The number of fused-ring (bicyclic) bond motifs is 1. The number of hydrogen-bond acceptors (Lipinski definition) is 13. The van der Waals surface area contributed by atoms with Crippen molar-refractivity contribution in [3.05, 3.63) is 35.6 Å². The van der Waals surface area contributed by atoms with Crippen LogP contribution < -0.4 is 104 Å². The Kier molecular flexibility index (Phi) is 14.9. The zero-order valence-corrected chi connectivity index (χ0v) is 29.1. The molecule has 0 saturated carbocycles. The Balaban J connectivity index is 0.00000432. The van der Waals surface area contributed by atoms with Crippen molar-refractivity contribution >= 4 is 70.2 Å². The molecule has 3 aromatic rings. The van der Waals surface area contributed by atoms with Crippen molar-refractivity contribution in [2.75, 3.05) is 30.0 Å². The first kappa shape index (κ1) is 37.3. The van der Waals surface area contributed by atoms with Crippen LogP contribution in [0.5, 0.6) is 0 Å². The number of nitrogens with zero attached hydrogens (tertiary/aromatic N) is 3. The molecule has 1 aromatic heterocycles. The van der Waals surface area contributed by atoms with Crippen LogP contribution in [0.3, 0.4) is 0 Å². The van der Waals surface area contributed by atoms with E-state index in [1.165, 1.54) is 6.07 Å². The van der Waals surface area contributed by atoms with Crippen molar-refractivity contribution in [3.8, 4) is 0 Å². The fraction of sp³-hybridized carbons (Fsp3) is 0.188. The van der Waals surface area contributed by atoms with Gasteiger partial charge in [0.25, 0.3) is 0 Å². The maximum absolute atomic E-state index is 11.8. The zero-order chi connectivity index (χ0) is 25.3. The molecule has 0 bridgehead atoms. The molecule has 0 amide bonds. The van der Waals surface area contributed by atoms with Gasteiger partial charge in [0.2, 0.25) is 27.2 Å². The van der Waals surface area contributed by atoms with Crippen molar-refractivity contribution in [1.29, 1.82) is 0 Å². The van der Waals surface area contributed by atoms with Gasteiger partial charge in [-0.25, -0.2) is 30.0 Å². The first-order valence-corrected chi connectivity index (χ1v) is 14.0. The molecule has 0 unspecified atom stereocenters. The van der Waals surface area contributed by atoms with Crippen LogP contribution in [0.15, 0.2) is 34.1 Å². The summed E-state index contributed by atoms with van der Waals surface area (Å²) in [5.41, 5.74) is -0.275. The van der Waals surface area contributed by atoms with Gasteiger partial charge < -0.3 is 19.7 Å². The maximum Gasteiger partial charge on any atom is 1.00 e. The molecule has 0 atom stereocenters. The predicted octanol–water partition coefficient (Wildman–Crippen LogP) is -9.00. The number of hydrogen-bond donors (Lipinski definition) is 3. The fourth-order valence-corrected chi connectivity index (χ4v) is 4.41. The van der Waals surface area contributed by atoms with Gasteiger partial charge in [0.05, 0.1) is 21.3 Å². The molecule has 21 heteroatoms. The second-order valence-corrected chi connectivity index (χ2v) is 11.5. The third-order valence-corrected chi connectivity index (χ3v) is 6.59. The molecule has 1 heterocycles. The van der Waals surface area contributed by atoms with E-state index in [-0.39, 0.29) is 135 Å². The molecule has 184 valence electrons. The Labute approximate surface area is 284 Å². The molecule has 3 N–H and O–H groups in total. The minimum absolute atomic E-state index is 0. The van der Waals surface area contributed by atoms with Crippen LogP contribution in [0.1, 0.15) is 0 Å². The maximum atomic E-state index is 11.8. The normalized spacial score (nSPS) is 11.6. The van der Waals surface area contributed by atoms with Crippen molar-refractivity contribution < 1.29 is 123 Å². The molecule has 14 nitrogen and oxygen atoms in total. The second kappa shape index (κ2) is 14.8. The van der Waals surface area contributed by atoms with Crippen LogP contribution >= 0.6 is 11.6 Å². The first-order valence-electron chi connectivity index (χ1n) is 8.90. The monoisotopic (exact) mass is 618 g/mol. The molecule has 0 fully saturated rings. The second-order valence-electron chi connectivity index (χ2n) is 6.65. The number of nitrogens with one attached hydrogen (secondary N) is 3. The van der Waals surface area contributed by atoms with Gasteiger partial charge in [-0.05, 0) is 16.5 Å². The molecule has 3 rings (SSSR count). The van der Waals surface area contributed by atoms with Crippen LogP contribution in [0.25, 0.3) is 10.8 Å². The van der Waals surface area contributed by atoms with Crippen molar-refractivity contribution in [3.63, 3.8) is 0 Å². The zero-order valence-electron chi connectivity index (χ0n) is 19.9. The largest absolute Gasteiger partial charge is 1.00 e. The summed E-state index contributed by atoms with van der Waals surface area (Å²) in [6, 6.07) is 6.41. The molecule has 2 aromatic carbocycles. The average molecular weight is 619 g/mol. The minimum atomic E-state index is -5.08. The molecule has 0 spiro atoms. The molecule has 0 aliphatic heterocycles. The first-order chi connectivity index (χ1) is 15.6. The standard InChI is InChI=1S/C16H16ClN6O8S3.3Na/c1-32(24,25)19-5-4-18-15-21-14(17)22-16(23-15)20-12-7-9-2-3-11(33(26,27)28)6-10(9)8-13(12)34(29,30)31;;;/h3,6-8,19H,4-5H2,1H3,(H,26,27,28)(H,29,30,31)(H2,18,20,21,22,23);;;/q-1;3*+1/p-2. The third-order valence-electron chi connectivity index (χ3n) is 4.00. The Morgan fingerprint density at radius 2 is 1.51 bits per heavy atom. The van der Waals surface area contributed by atoms with Crippen molar-refractivity contribution in [2.24, 2.45) is 0 Å². The average Bonchev–Trinajstić information content (AvgIpc) is 2.68. The number of sulfonamides is 1. The molecule has 0 radical (unpaired) electrons. The molecule has 0 saturated heterocycles. The Morgan fingerprint density at radius 3 is 2.08 bits per heavy atom. The summed E-state index contributed by atoms with van der Waals surface area (Å²) in [4.78, 5) is 10.2. The van der Waals surface area contributed by atoms with E-state index in [9.17, 15) is 34.4 Å². The van der Waals surface area contributed by atoms with Gasteiger partial charge in [0.1, 0.15) is 10.1 Å². The SMILES string of the molecule is CS(=O)(=O)NCCNc1nc(Cl)nc(Nc2cc3[c-]cc(S(=O)(=O)[O-])cc3cc2S(=O)(=O)[O-])n1.[Na+].[Na+].[Na+]. The van der Waals surface area contributed by atoms with Crippen LogP contribution in [0.2, 0.25) is 5.28 Å². The number of benzene rings is 2. The number of rotatable bonds is 9. The van der Waals surface area contributed by atoms with Crippen LogP contribution in [-0.2, 0) is 30.3 Å². The molecule has 0 aliphatic rings. The van der Waals surface area contributed by atoms with Crippen LogP contribution in [0.4, 0.5) is 17.6 Å². The van der Waals surface area contributed by atoms with Gasteiger partial charge in [0, 0.05) is 18.8 Å². The summed E-state index contributed by atoms with van der Waals surface area (Å²) < 4.78 is 93.6. The van der Waals surface area contributed by atoms with Gasteiger partial charge in [-0.1, -0.05) is 6.07 Å². The fourth-order valence-electron chi connectivity index (χ4n) is 2.65. The Bertz CT molecular complexity index is 1590. The summed E-state index contributed by atoms with van der Waals surface area (Å²) in [6.45, 7) is 0.0774. The summed E-state index contributed by atoms with van der Waals surface area (Å²) in [7, 11) is -13.3. The molecule has 37 heavy (non-hydrogen) atoms. The van der Waals surface area contributed by atoms with E-state index >= 15 is 0 Å². The van der Waals surface area contributed by atoms with Gasteiger partial charge in [-0.15, -0.1) is 35.0 Å². The molecule has 0 aliphatic carbocycles. The topological polar surface area (TPSA) is 223 Å². The van der Waals surface area contributed by atoms with Gasteiger partial charge in [0.15, 0.2) is 0 Å². The van der Waals surface area contributed by atoms with Crippen molar-refractivity contribution in [2.45, 2.75) is 9.79 Å². The van der Waals surface area contributed by atoms with E-state index in [1.54, 1.807) is 0 Å². The van der Waals surface area contributed by atoms with E-state index < -0.39 is 40.1 Å². The van der Waals surface area contributed by atoms with Gasteiger partial charge >= 0.3 is 88.7 Å². The number of anilines is 3. The summed E-state index contributed by atoms with van der Waals surface area (Å²) >= 11 is 5.86. The Morgan fingerprint density at radius 1 is 0.892 bits per heavy atom. The number of aromatic nitrogens is 3. The summed E-state index contributed by atoms with van der Waals surface area (Å²) in [5, 5.41) is 5.06. The van der Waals surface area contributed by atoms with Gasteiger partial charge in [-0.2, -0.15) is 15.0 Å². The summed E-state index contributed by atoms with van der Waals surface area (Å²) in [6.07, 6.45) is 0.984. The quantitative estimate of drug-likeness (QED) is 0.0878. The van der Waals surface area contributed by atoms with E-state index in [4.69, 9.17) is 11.6 Å². The van der Waals surface area contributed by atoms with Crippen molar-refractivity contribution in [1.82, 2.24) is 19.7 Å². The predicted molar refractivity (Wildman–Crippen MR) is 118 cm³/mol. The Hall–Kier alpha value is 0.330. The van der Waals surface area contributed by atoms with Gasteiger partial charge in [-0.3, -0.25) is 0 Å². The van der Waals surface area contributed by atoms with Crippen LogP contribution in [-0.4, -0.2) is 68.7 Å². The van der Waals surface area contributed by atoms with Crippen LogP contribution in [0, 0.1) is 6.07 Å². The van der Waals surface area contributed by atoms with E-state index in [2.05, 4.69) is 36.4 Å². The molecular weight excluding hydrogens is 605 g/mol. The smallest absolute Gasteiger partial charge is 0.752 e. The van der Waals surface area contributed by atoms with E-state index in [0.717, 1.165) is 24.5 Å². The third kappa shape index (κ3) is 11.4. The van der Waals surface area contributed by atoms with E-state index in [0.29, 0.717) is 0 Å². The number of halogens is 1. The minimum Gasteiger partial charge on any atom is -0.752 e. The van der Waals surface area contributed by atoms with E-state index in [1.807, 2.05) is 0 Å². The molecular formula is C16H14ClN6Na3O8S3.